The Morgan fingerprint density at radius 3 is 2.77 bits per heavy atom. The maximum Gasteiger partial charge on any atom is 0.0453 e. The van der Waals surface area contributed by atoms with Gasteiger partial charge in [-0.1, -0.05) is 19.2 Å². The van der Waals surface area contributed by atoms with Gasteiger partial charge in [0.1, 0.15) is 0 Å². The summed E-state index contributed by atoms with van der Waals surface area (Å²) in [5, 5.41) is 3.35. The van der Waals surface area contributed by atoms with Gasteiger partial charge < -0.3 is 10.3 Å². The molecule has 0 aromatic carbocycles. The molecule has 1 aliphatic rings. The highest BCUT2D eigenvalue weighted by Crippen LogP contribution is 2.23. The second kappa shape index (κ2) is 3.23. The third-order valence-electron chi connectivity index (χ3n) is 2.53. The van der Waals surface area contributed by atoms with E-state index in [1.807, 2.05) is 12.2 Å². The van der Waals surface area contributed by atoms with Crippen molar-refractivity contribution in [3.8, 4) is 0 Å². The van der Waals surface area contributed by atoms with Crippen LogP contribution in [-0.2, 0) is 13.0 Å². The molecule has 2 rings (SSSR count). The molecule has 0 atom stereocenters. The first kappa shape index (κ1) is 8.32. The van der Waals surface area contributed by atoms with E-state index in [9.17, 15) is 0 Å². The second-order valence-electron chi connectivity index (χ2n) is 3.24. The summed E-state index contributed by atoms with van der Waals surface area (Å²) in [5.41, 5.74) is 5.00. The molecule has 0 saturated carbocycles. The van der Waals surface area contributed by atoms with E-state index in [4.69, 9.17) is 0 Å². The van der Waals surface area contributed by atoms with Crippen LogP contribution in [0.15, 0.2) is 13.2 Å². The number of hydrogen-bond acceptors (Lipinski definition) is 1. The number of H-pyrrole nitrogens is 1. The average Bonchev–Trinajstić information content (AvgIpc) is 2.55. The summed E-state index contributed by atoms with van der Waals surface area (Å²) in [5.74, 6) is 0. The summed E-state index contributed by atoms with van der Waals surface area (Å²) in [6.45, 7) is 9.61. The van der Waals surface area contributed by atoms with Crippen LogP contribution in [0.2, 0.25) is 0 Å². The van der Waals surface area contributed by atoms with Crippen molar-refractivity contribution in [2.45, 2.75) is 13.0 Å². The topological polar surface area (TPSA) is 27.8 Å². The maximum absolute atomic E-state index is 3.82. The lowest BCUT2D eigenvalue weighted by Gasteiger charge is -2.12. The monoisotopic (exact) mass is 174 g/mol. The van der Waals surface area contributed by atoms with Crippen LogP contribution in [0.4, 0.5) is 0 Å². The quantitative estimate of drug-likeness (QED) is 0.704. The first-order valence-corrected chi connectivity index (χ1v) is 4.56. The molecule has 1 aromatic heterocycles. The fourth-order valence-electron chi connectivity index (χ4n) is 1.87. The fraction of sp³-hybridized carbons (Fsp3) is 0.273. The molecule has 68 valence electrons. The Balaban J connectivity index is 2.56. The minimum atomic E-state index is 0.945. The summed E-state index contributed by atoms with van der Waals surface area (Å²) in [7, 11) is 0. The normalized spacial score (nSPS) is 15.1. The maximum atomic E-state index is 3.82. The molecular formula is C11H14N2. The number of fused-ring (bicyclic) bond motifs is 1. The van der Waals surface area contributed by atoms with E-state index < -0.39 is 0 Å². The van der Waals surface area contributed by atoms with Gasteiger partial charge in [0.15, 0.2) is 0 Å². The van der Waals surface area contributed by atoms with Crippen molar-refractivity contribution in [2.24, 2.45) is 0 Å². The SMILES string of the molecule is C=Cc1[nH]c2c(c1C=C)CNCC2. The third kappa shape index (κ3) is 1.23. The van der Waals surface area contributed by atoms with E-state index in [0.717, 1.165) is 25.2 Å². The van der Waals surface area contributed by atoms with Gasteiger partial charge in [-0.3, -0.25) is 0 Å². The number of aromatic nitrogens is 1. The van der Waals surface area contributed by atoms with E-state index in [1.165, 1.54) is 16.8 Å². The van der Waals surface area contributed by atoms with Gasteiger partial charge in [-0.15, -0.1) is 0 Å². The molecule has 2 nitrogen and oxygen atoms in total. The first-order chi connectivity index (χ1) is 6.36. The second-order valence-corrected chi connectivity index (χ2v) is 3.24. The lowest BCUT2D eigenvalue weighted by molar-refractivity contribution is 0.637. The molecule has 0 amide bonds. The Kier molecular flexibility index (Phi) is 2.07. The minimum Gasteiger partial charge on any atom is -0.358 e. The zero-order valence-corrected chi connectivity index (χ0v) is 7.69. The summed E-state index contributed by atoms with van der Waals surface area (Å²) in [4.78, 5) is 3.37. The molecule has 0 spiro atoms. The van der Waals surface area contributed by atoms with Crippen LogP contribution in [0.1, 0.15) is 22.5 Å². The van der Waals surface area contributed by atoms with Crippen LogP contribution in [0, 0.1) is 0 Å². The Hall–Kier alpha value is -1.28. The summed E-state index contributed by atoms with van der Waals surface area (Å²) >= 11 is 0. The molecule has 1 aliphatic heterocycles. The molecule has 2 heteroatoms. The Bertz CT molecular complexity index is 347. The molecular weight excluding hydrogens is 160 g/mol. The van der Waals surface area contributed by atoms with E-state index >= 15 is 0 Å². The average molecular weight is 174 g/mol. The molecule has 1 aromatic rings. The van der Waals surface area contributed by atoms with Gasteiger partial charge in [-0.25, -0.2) is 0 Å². The van der Waals surface area contributed by atoms with Gasteiger partial charge in [0.2, 0.25) is 0 Å². The van der Waals surface area contributed by atoms with Crippen LogP contribution in [-0.4, -0.2) is 11.5 Å². The number of aromatic amines is 1. The highest BCUT2D eigenvalue weighted by Gasteiger charge is 2.15. The van der Waals surface area contributed by atoms with Crippen LogP contribution in [0.3, 0.4) is 0 Å². The van der Waals surface area contributed by atoms with Crippen LogP contribution >= 0.6 is 0 Å². The predicted molar refractivity (Wildman–Crippen MR) is 56.4 cm³/mol. The van der Waals surface area contributed by atoms with Crippen molar-refractivity contribution < 1.29 is 0 Å². The number of nitrogens with one attached hydrogen (secondary N) is 2. The Labute approximate surface area is 78.4 Å². The zero-order chi connectivity index (χ0) is 9.26. The van der Waals surface area contributed by atoms with Crippen molar-refractivity contribution in [3.05, 3.63) is 35.7 Å². The van der Waals surface area contributed by atoms with Gasteiger partial charge in [-0.2, -0.15) is 0 Å². The van der Waals surface area contributed by atoms with E-state index in [0.29, 0.717) is 0 Å². The Morgan fingerprint density at radius 2 is 2.08 bits per heavy atom. The van der Waals surface area contributed by atoms with Gasteiger partial charge in [0, 0.05) is 36.5 Å². The van der Waals surface area contributed by atoms with E-state index in [2.05, 4.69) is 23.5 Å². The van der Waals surface area contributed by atoms with Gasteiger partial charge in [0.05, 0.1) is 0 Å². The zero-order valence-electron chi connectivity index (χ0n) is 7.69. The van der Waals surface area contributed by atoms with Gasteiger partial charge in [0.25, 0.3) is 0 Å². The van der Waals surface area contributed by atoms with Crippen LogP contribution in [0.5, 0.6) is 0 Å². The van der Waals surface area contributed by atoms with Crippen LogP contribution < -0.4 is 5.32 Å². The molecule has 2 heterocycles. The largest absolute Gasteiger partial charge is 0.358 e. The van der Waals surface area contributed by atoms with Crippen molar-refractivity contribution in [3.63, 3.8) is 0 Å². The number of rotatable bonds is 2. The third-order valence-corrected chi connectivity index (χ3v) is 2.53. The molecule has 0 fully saturated rings. The minimum absolute atomic E-state index is 0.945. The first-order valence-electron chi connectivity index (χ1n) is 4.56. The Morgan fingerprint density at radius 1 is 1.23 bits per heavy atom. The van der Waals surface area contributed by atoms with Crippen LogP contribution in [0.25, 0.3) is 12.2 Å². The molecule has 0 bridgehead atoms. The lowest BCUT2D eigenvalue weighted by atomic mass is 10.0. The van der Waals surface area contributed by atoms with Crippen molar-refractivity contribution >= 4 is 12.2 Å². The van der Waals surface area contributed by atoms with Crippen molar-refractivity contribution in [1.29, 1.82) is 0 Å². The molecule has 2 N–H and O–H groups in total. The van der Waals surface area contributed by atoms with Gasteiger partial charge >= 0.3 is 0 Å². The number of hydrogen-bond donors (Lipinski definition) is 2. The van der Waals surface area contributed by atoms with E-state index in [-0.39, 0.29) is 0 Å². The molecule has 13 heavy (non-hydrogen) atoms. The van der Waals surface area contributed by atoms with Crippen molar-refractivity contribution in [2.75, 3.05) is 6.54 Å². The molecule has 0 radical (unpaired) electrons. The van der Waals surface area contributed by atoms with E-state index in [1.54, 1.807) is 0 Å². The molecule has 0 unspecified atom stereocenters. The smallest absolute Gasteiger partial charge is 0.0453 e. The van der Waals surface area contributed by atoms with Crippen molar-refractivity contribution in [1.82, 2.24) is 10.3 Å². The van der Waals surface area contributed by atoms with Gasteiger partial charge in [-0.05, 0) is 11.6 Å². The molecule has 0 aliphatic carbocycles. The summed E-state index contributed by atoms with van der Waals surface area (Å²) in [6.07, 6.45) is 4.83. The summed E-state index contributed by atoms with van der Waals surface area (Å²) in [6, 6.07) is 0. The summed E-state index contributed by atoms with van der Waals surface area (Å²) < 4.78 is 0. The fourth-order valence-corrected chi connectivity index (χ4v) is 1.87. The highest BCUT2D eigenvalue weighted by atomic mass is 14.9. The lowest BCUT2D eigenvalue weighted by Crippen LogP contribution is -2.23. The highest BCUT2D eigenvalue weighted by molar-refractivity contribution is 5.66. The molecule has 0 saturated heterocycles. The standard InChI is InChI=1S/C11H14N2/c1-3-8-9-7-12-6-5-11(9)13-10(8)4-2/h3-4,12-13H,1-2,5-7H2. The predicted octanol–water partition coefficient (Wildman–Crippen LogP) is 1.95.